The number of hydrogen-bond acceptors (Lipinski definition) is 3. The molecule has 0 saturated heterocycles. The van der Waals surface area contributed by atoms with Crippen LogP contribution in [0.3, 0.4) is 0 Å². The van der Waals surface area contributed by atoms with E-state index >= 15 is 0 Å². The first-order valence-corrected chi connectivity index (χ1v) is 7.42. The Morgan fingerprint density at radius 2 is 2.15 bits per heavy atom. The first kappa shape index (κ1) is 15.1. The Kier molecular flexibility index (Phi) is 4.22. The summed E-state index contributed by atoms with van der Waals surface area (Å²) >= 11 is 3.37. The molecule has 0 aromatic carbocycles. The predicted molar refractivity (Wildman–Crippen MR) is 81.3 cm³/mol. The smallest absolute Gasteiger partial charge is 0.410 e. The highest BCUT2D eigenvalue weighted by Gasteiger charge is 2.24. The van der Waals surface area contributed by atoms with Gasteiger partial charge in [-0.1, -0.05) is 6.08 Å². The van der Waals surface area contributed by atoms with Crippen molar-refractivity contribution in [2.75, 3.05) is 13.1 Å². The molecule has 0 unspecified atom stereocenters. The second kappa shape index (κ2) is 5.60. The van der Waals surface area contributed by atoms with E-state index in [0.717, 1.165) is 22.4 Å². The Bertz CT molecular complexity index is 543. The molecule has 2 heterocycles. The highest BCUT2D eigenvalue weighted by Crippen LogP contribution is 2.23. The predicted octanol–water partition coefficient (Wildman–Crippen LogP) is 3.21. The quantitative estimate of drug-likeness (QED) is 0.787. The zero-order valence-electron chi connectivity index (χ0n) is 12.3. The van der Waals surface area contributed by atoms with Gasteiger partial charge in [-0.2, -0.15) is 0 Å². The molecule has 0 aliphatic carbocycles. The fourth-order valence-electron chi connectivity index (χ4n) is 2.09. The fraction of sp³-hybridized carbons (Fsp3) is 0.571. The van der Waals surface area contributed by atoms with E-state index in [0.29, 0.717) is 13.1 Å². The van der Waals surface area contributed by atoms with E-state index in [4.69, 9.17) is 4.74 Å². The van der Waals surface area contributed by atoms with Gasteiger partial charge >= 0.3 is 6.09 Å². The van der Waals surface area contributed by atoms with Gasteiger partial charge in [-0.15, -0.1) is 0 Å². The van der Waals surface area contributed by atoms with Crippen molar-refractivity contribution in [2.45, 2.75) is 32.8 Å². The van der Waals surface area contributed by atoms with Crippen LogP contribution in [0.4, 0.5) is 4.79 Å². The molecular formula is C14H20BrN3O2. The number of imidazole rings is 1. The number of rotatable bonds is 1. The third kappa shape index (κ3) is 3.62. The van der Waals surface area contributed by atoms with E-state index < -0.39 is 5.60 Å². The van der Waals surface area contributed by atoms with Crippen molar-refractivity contribution < 1.29 is 9.53 Å². The molecule has 0 N–H and O–H groups in total. The van der Waals surface area contributed by atoms with Crippen LogP contribution in [0.1, 0.15) is 33.0 Å². The van der Waals surface area contributed by atoms with Gasteiger partial charge in [-0.25, -0.2) is 9.78 Å². The zero-order valence-corrected chi connectivity index (χ0v) is 13.9. The molecule has 20 heavy (non-hydrogen) atoms. The first-order chi connectivity index (χ1) is 9.26. The van der Waals surface area contributed by atoms with E-state index in [1.807, 2.05) is 44.7 Å². The van der Waals surface area contributed by atoms with Crippen LogP contribution < -0.4 is 0 Å². The van der Waals surface area contributed by atoms with Gasteiger partial charge < -0.3 is 14.2 Å². The average molecular weight is 342 g/mol. The summed E-state index contributed by atoms with van der Waals surface area (Å²) in [5, 5.41) is 0. The molecule has 0 saturated carbocycles. The van der Waals surface area contributed by atoms with Gasteiger partial charge in [0, 0.05) is 26.3 Å². The van der Waals surface area contributed by atoms with Crippen molar-refractivity contribution in [3.05, 3.63) is 22.7 Å². The minimum atomic E-state index is -0.453. The Labute approximate surface area is 127 Å². The van der Waals surface area contributed by atoms with Crippen molar-refractivity contribution in [1.29, 1.82) is 0 Å². The van der Waals surface area contributed by atoms with E-state index in [1.165, 1.54) is 0 Å². The minimum absolute atomic E-state index is 0.256. The second-order valence-electron chi connectivity index (χ2n) is 5.90. The van der Waals surface area contributed by atoms with E-state index in [2.05, 4.69) is 20.9 Å². The maximum absolute atomic E-state index is 12.0. The standard InChI is InChI=1S/C14H20BrN3O2/c1-14(2,3)20-13(19)18-7-5-10(6-8-18)12-16-11(15)9-17(12)4/h5,9H,6-8H2,1-4H3. The van der Waals surface area contributed by atoms with Crippen LogP contribution in [0, 0.1) is 0 Å². The summed E-state index contributed by atoms with van der Waals surface area (Å²) in [6.07, 6.45) is 4.50. The molecule has 0 spiro atoms. The van der Waals surface area contributed by atoms with E-state index in [9.17, 15) is 4.79 Å². The normalized spacial score (nSPS) is 16.1. The number of carbonyl (C=O) groups is 1. The highest BCUT2D eigenvalue weighted by atomic mass is 79.9. The molecule has 1 aromatic rings. The molecule has 5 nitrogen and oxygen atoms in total. The number of nitrogens with zero attached hydrogens (tertiary/aromatic N) is 3. The summed E-state index contributed by atoms with van der Waals surface area (Å²) in [5.41, 5.74) is 0.712. The van der Waals surface area contributed by atoms with Crippen LogP contribution >= 0.6 is 15.9 Å². The van der Waals surface area contributed by atoms with Gasteiger partial charge in [0.05, 0.1) is 0 Å². The van der Waals surface area contributed by atoms with Crippen LogP contribution in [0.25, 0.3) is 5.57 Å². The van der Waals surface area contributed by atoms with Crippen molar-refractivity contribution in [3.8, 4) is 0 Å². The number of amides is 1. The molecule has 0 fully saturated rings. The Morgan fingerprint density at radius 1 is 1.45 bits per heavy atom. The Balaban J connectivity index is 2.04. The summed E-state index contributed by atoms with van der Waals surface area (Å²) < 4.78 is 8.19. The van der Waals surface area contributed by atoms with E-state index in [1.54, 1.807) is 4.90 Å². The summed E-state index contributed by atoms with van der Waals surface area (Å²) in [4.78, 5) is 18.1. The molecule has 0 atom stereocenters. The second-order valence-corrected chi connectivity index (χ2v) is 6.72. The van der Waals surface area contributed by atoms with Gasteiger partial charge in [-0.3, -0.25) is 0 Å². The molecule has 110 valence electrons. The molecule has 1 aliphatic rings. The third-order valence-electron chi connectivity index (χ3n) is 3.00. The topological polar surface area (TPSA) is 47.4 Å². The number of ether oxygens (including phenoxy) is 1. The van der Waals surface area contributed by atoms with Crippen LogP contribution in [0.2, 0.25) is 0 Å². The maximum atomic E-state index is 12.0. The average Bonchev–Trinajstić information content (AvgIpc) is 2.66. The lowest BCUT2D eigenvalue weighted by Gasteiger charge is -2.29. The monoisotopic (exact) mass is 341 g/mol. The SMILES string of the molecule is Cn1cc(Br)nc1C1=CCN(C(=O)OC(C)(C)C)CC1. The van der Waals surface area contributed by atoms with Crippen molar-refractivity contribution in [3.63, 3.8) is 0 Å². The van der Waals surface area contributed by atoms with E-state index in [-0.39, 0.29) is 6.09 Å². The fourth-order valence-corrected chi connectivity index (χ4v) is 2.57. The first-order valence-electron chi connectivity index (χ1n) is 6.62. The Hall–Kier alpha value is -1.30. The molecule has 0 bridgehead atoms. The summed E-state index contributed by atoms with van der Waals surface area (Å²) in [6.45, 7) is 6.85. The molecule has 1 aromatic heterocycles. The van der Waals surface area contributed by atoms with Gasteiger partial charge in [0.15, 0.2) is 0 Å². The molecule has 1 amide bonds. The van der Waals surface area contributed by atoms with Gasteiger partial charge in [0.2, 0.25) is 0 Å². The number of hydrogen-bond donors (Lipinski definition) is 0. The number of aryl methyl sites for hydroxylation is 1. The van der Waals surface area contributed by atoms with Crippen molar-refractivity contribution in [2.24, 2.45) is 7.05 Å². The lowest BCUT2D eigenvalue weighted by atomic mass is 10.1. The molecule has 2 rings (SSSR count). The number of halogens is 1. The van der Waals surface area contributed by atoms with Crippen molar-refractivity contribution >= 4 is 27.6 Å². The van der Waals surface area contributed by atoms with Crippen LogP contribution in [0.15, 0.2) is 16.9 Å². The summed E-state index contributed by atoms with van der Waals surface area (Å²) in [5.74, 6) is 0.945. The number of aromatic nitrogens is 2. The number of carbonyl (C=O) groups excluding carboxylic acids is 1. The Morgan fingerprint density at radius 3 is 2.60 bits per heavy atom. The van der Waals surface area contributed by atoms with Gasteiger partial charge in [-0.05, 0) is 48.7 Å². The molecule has 1 aliphatic heterocycles. The lowest BCUT2D eigenvalue weighted by molar-refractivity contribution is 0.0270. The lowest BCUT2D eigenvalue weighted by Crippen LogP contribution is -2.39. The molecule has 0 radical (unpaired) electrons. The van der Waals surface area contributed by atoms with Crippen LogP contribution in [-0.4, -0.2) is 39.2 Å². The largest absolute Gasteiger partial charge is 0.444 e. The maximum Gasteiger partial charge on any atom is 0.410 e. The molecular weight excluding hydrogens is 322 g/mol. The third-order valence-corrected chi connectivity index (χ3v) is 3.38. The highest BCUT2D eigenvalue weighted by molar-refractivity contribution is 9.10. The van der Waals surface area contributed by atoms with Crippen molar-refractivity contribution in [1.82, 2.24) is 14.5 Å². The summed E-state index contributed by atoms with van der Waals surface area (Å²) in [7, 11) is 1.97. The summed E-state index contributed by atoms with van der Waals surface area (Å²) in [6, 6.07) is 0. The minimum Gasteiger partial charge on any atom is -0.444 e. The van der Waals surface area contributed by atoms with Gasteiger partial charge in [0.25, 0.3) is 0 Å². The van der Waals surface area contributed by atoms with Crippen LogP contribution in [-0.2, 0) is 11.8 Å². The molecule has 6 heteroatoms. The van der Waals surface area contributed by atoms with Crippen LogP contribution in [0.5, 0.6) is 0 Å². The zero-order chi connectivity index (χ0) is 14.9. The van der Waals surface area contributed by atoms with Gasteiger partial charge in [0.1, 0.15) is 16.0 Å².